The lowest BCUT2D eigenvalue weighted by Crippen LogP contribution is -2.32. The summed E-state index contributed by atoms with van der Waals surface area (Å²) in [4.78, 5) is 39.4. The predicted octanol–water partition coefficient (Wildman–Crippen LogP) is 1.32. The molecule has 2 amide bonds. The average Bonchev–Trinajstić information content (AvgIpc) is 2.56. The highest BCUT2D eigenvalue weighted by Crippen LogP contribution is 2.22. The van der Waals surface area contributed by atoms with Crippen LogP contribution in [0.3, 0.4) is 0 Å². The molecule has 17 heavy (non-hydrogen) atoms. The Morgan fingerprint density at radius 1 is 1.24 bits per heavy atom. The molecule has 0 aromatic heterocycles. The summed E-state index contributed by atoms with van der Waals surface area (Å²) in [6.07, 6.45) is 1.27. The minimum Gasteiger partial charge on any atom is -0.329 e. The highest BCUT2D eigenvalue weighted by Gasteiger charge is 2.38. The van der Waals surface area contributed by atoms with Crippen LogP contribution in [0, 0.1) is 0 Å². The molecule has 5 heteroatoms. The summed E-state index contributed by atoms with van der Waals surface area (Å²) in [5, 5.41) is 0.483. The molecule has 1 aromatic carbocycles. The van der Waals surface area contributed by atoms with E-state index in [1.807, 2.05) is 0 Å². The molecule has 0 atom stereocenters. The lowest BCUT2D eigenvalue weighted by Gasteiger charge is -2.11. The van der Waals surface area contributed by atoms with Crippen LogP contribution in [0.4, 0.5) is 0 Å². The fourth-order valence-corrected chi connectivity index (χ4v) is 1.51. The molecular weight excluding hydrogens is 222 g/mol. The second-order valence-electron chi connectivity index (χ2n) is 3.41. The third kappa shape index (κ3) is 1.82. The van der Waals surface area contributed by atoms with E-state index in [2.05, 4.69) is 11.4 Å². The van der Waals surface area contributed by atoms with Gasteiger partial charge in [0.15, 0.2) is 0 Å². The van der Waals surface area contributed by atoms with Gasteiger partial charge in [-0.05, 0) is 12.1 Å². The van der Waals surface area contributed by atoms with Gasteiger partial charge in [-0.1, -0.05) is 23.3 Å². The summed E-state index contributed by atoms with van der Waals surface area (Å²) in [5.74, 6) is -1.94. The summed E-state index contributed by atoms with van der Waals surface area (Å²) < 4.78 is 0. The van der Waals surface area contributed by atoms with E-state index >= 15 is 0 Å². The van der Waals surface area contributed by atoms with E-state index in [1.165, 1.54) is 18.2 Å². The van der Waals surface area contributed by atoms with Crippen molar-refractivity contribution in [3.8, 4) is 0 Å². The van der Waals surface area contributed by atoms with Crippen molar-refractivity contribution in [1.29, 1.82) is 0 Å². The molecule has 0 radical (unpaired) electrons. The Morgan fingerprint density at radius 2 is 1.76 bits per heavy atom. The van der Waals surface area contributed by atoms with Crippen molar-refractivity contribution in [2.24, 2.45) is 0 Å². The van der Waals surface area contributed by atoms with Gasteiger partial charge in [-0.2, -0.15) is 0 Å². The van der Waals surface area contributed by atoms with Gasteiger partial charge in [0.2, 0.25) is 0 Å². The van der Waals surface area contributed by atoms with Gasteiger partial charge in [0.1, 0.15) is 0 Å². The summed E-state index contributed by atoms with van der Waals surface area (Å²) in [6.45, 7) is 3.36. The Balaban J connectivity index is 2.24. The standard InChI is InChI=1S/C12H9NO4/c1-2-5-10(14)17-13-11(15)8-6-3-4-7-9(8)12(13)16/h2-4,6-7H,1,5H2. The lowest BCUT2D eigenvalue weighted by molar-refractivity contribution is -0.167. The predicted molar refractivity (Wildman–Crippen MR) is 57.8 cm³/mol. The Labute approximate surface area is 97.2 Å². The van der Waals surface area contributed by atoms with Crippen LogP contribution in [-0.2, 0) is 9.63 Å². The second-order valence-corrected chi connectivity index (χ2v) is 3.41. The summed E-state index contributed by atoms with van der Waals surface area (Å²) in [6, 6.07) is 6.30. The van der Waals surface area contributed by atoms with Crippen LogP contribution in [0.2, 0.25) is 0 Å². The molecule has 0 saturated carbocycles. The largest absolute Gasteiger partial charge is 0.336 e. The minimum atomic E-state index is -0.700. The number of benzene rings is 1. The van der Waals surface area contributed by atoms with Crippen LogP contribution < -0.4 is 0 Å². The smallest absolute Gasteiger partial charge is 0.329 e. The fourth-order valence-electron chi connectivity index (χ4n) is 1.51. The molecule has 5 nitrogen and oxygen atoms in total. The van der Waals surface area contributed by atoms with E-state index in [0.29, 0.717) is 5.06 Å². The first-order chi connectivity index (χ1) is 8.15. The maximum Gasteiger partial charge on any atom is 0.336 e. The van der Waals surface area contributed by atoms with Gasteiger partial charge in [-0.15, -0.1) is 6.58 Å². The molecule has 1 aliphatic heterocycles. The van der Waals surface area contributed by atoms with Crippen LogP contribution in [0.5, 0.6) is 0 Å². The van der Waals surface area contributed by atoms with Gasteiger partial charge in [0, 0.05) is 0 Å². The maximum absolute atomic E-state index is 11.7. The highest BCUT2D eigenvalue weighted by molar-refractivity contribution is 6.20. The SMILES string of the molecule is C=CCC(=O)ON1C(=O)c2ccccc2C1=O. The molecular formula is C12H9NO4. The van der Waals surface area contributed by atoms with Gasteiger partial charge in [0.05, 0.1) is 17.5 Å². The monoisotopic (exact) mass is 231 g/mol. The number of hydrogen-bond donors (Lipinski definition) is 0. The number of fused-ring (bicyclic) bond motifs is 1. The van der Waals surface area contributed by atoms with Crippen LogP contribution in [0.1, 0.15) is 27.1 Å². The number of amides is 2. The number of nitrogens with zero attached hydrogens (tertiary/aromatic N) is 1. The lowest BCUT2D eigenvalue weighted by atomic mass is 10.1. The van der Waals surface area contributed by atoms with Crippen molar-refractivity contribution in [2.75, 3.05) is 0 Å². The van der Waals surface area contributed by atoms with Crippen LogP contribution in [-0.4, -0.2) is 22.8 Å². The minimum absolute atomic E-state index is 0.0621. The molecule has 2 rings (SSSR count). The van der Waals surface area contributed by atoms with Gasteiger partial charge in [0.25, 0.3) is 11.8 Å². The number of carbonyl (C=O) groups excluding carboxylic acids is 3. The van der Waals surface area contributed by atoms with Gasteiger partial charge >= 0.3 is 5.97 Å². The van der Waals surface area contributed by atoms with Crippen LogP contribution in [0.15, 0.2) is 36.9 Å². The molecule has 0 unspecified atom stereocenters. The second kappa shape index (κ2) is 4.21. The van der Waals surface area contributed by atoms with E-state index in [0.717, 1.165) is 0 Å². The number of imide groups is 1. The van der Waals surface area contributed by atoms with Crippen molar-refractivity contribution >= 4 is 17.8 Å². The van der Waals surface area contributed by atoms with E-state index in [9.17, 15) is 14.4 Å². The number of hydroxylamine groups is 2. The normalized spacial score (nSPS) is 13.5. The maximum atomic E-state index is 11.7. The molecule has 86 valence electrons. The highest BCUT2D eigenvalue weighted by atomic mass is 16.7. The zero-order chi connectivity index (χ0) is 12.4. The van der Waals surface area contributed by atoms with E-state index in [1.54, 1.807) is 12.1 Å². The van der Waals surface area contributed by atoms with Crippen molar-refractivity contribution < 1.29 is 19.2 Å². The molecule has 0 aliphatic carbocycles. The van der Waals surface area contributed by atoms with E-state index in [4.69, 9.17) is 0 Å². The first kappa shape index (κ1) is 11.1. The topological polar surface area (TPSA) is 63.7 Å². The molecule has 0 spiro atoms. The first-order valence-electron chi connectivity index (χ1n) is 4.94. The Bertz CT molecular complexity index is 486. The molecule has 1 aromatic rings. The van der Waals surface area contributed by atoms with E-state index < -0.39 is 17.8 Å². The van der Waals surface area contributed by atoms with Crippen LogP contribution in [0.25, 0.3) is 0 Å². The van der Waals surface area contributed by atoms with Crippen molar-refractivity contribution in [1.82, 2.24) is 5.06 Å². The molecule has 1 aliphatic rings. The Kier molecular flexibility index (Phi) is 2.74. The van der Waals surface area contributed by atoms with E-state index in [-0.39, 0.29) is 17.5 Å². The molecule has 0 bridgehead atoms. The van der Waals surface area contributed by atoms with Gasteiger partial charge < -0.3 is 4.84 Å². The zero-order valence-corrected chi connectivity index (χ0v) is 8.88. The molecule has 1 heterocycles. The quantitative estimate of drug-likeness (QED) is 0.581. The molecule has 0 fully saturated rings. The van der Waals surface area contributed by atoms with Gasteiger partial charge in [-0.25, -0.2) is 4.79 Å². The van der Waals surface area contributed by atoms with Crippen molar-refractivity contribution in [3.05, 3.63) is 48.0 Å². The van der Waals surface area contributed by atoms with Gasteiger partial charge in [-0.3, -0.25) is 9.59 Å². The zero-order valence-electron chi connectivity index (χ0n) is 8.88. The number of carbonyl (C=O) groups is 3. The summed E-state index contributed by atoms with van der Waals surface area (Å²) in [5.41, 5.74) is 0.479. The number of hydrogen-bond acceptors (Lipinski definition) is 4. The van der Waals surface area contributed by atoms with Crippen molar-refractivity contribution in [2.45, 2.75) is 6.42 Å². The summed E-state index contributed by atoms with van der Waals surface area (Å²) in [7, 11) is 0. The first-order valence-corrected chi connectivity index (χ1v) is 4.94. The average molecular weight is 231 g/mol. The third-order valence-electron chi connectivity index (χ3n) is 2.26. The summed E-state index contributed by atoms with van der Waals surface area (Å²) >= 11 is 0. The molecule has 0 saturated heterocycles. The Hall–Kier alpha value is -2.43. The Morgan fingerprint density at radius 3 is 2.24 bits per heavy atom. The van der Waals surface area contributed by atoms with Crippen molar-refractivity contribution in [3.63, 3.8) is 0 Å². The number of rotatable bonds is 3. The fraction of sp³-hybridized carbons (Fsp3) is 0.0833. The third-order valence-corrected chi connectivity index (χ3v) is 2.26. The van der Waals surface area contributed by atoms with Crippen LogP contribution >= 0.6 is 0 Å². The molecule has 0 N–H and O–H groups in total.